The zero-order valence-corrected chi connectivity index (χ0v) is 13.2. The van der Waals surface area contributed by atoms with Crippen LogP contribution in [-0.4, -0.2) is 68.2 Å². The van der Waals surface area contributed by atoms with Gasteiger partial charge in [-0.3, -0.25) is 4.79 Å². The highest BCUT2D eigenvalue weighted by Crippen LogP contribution is 2.19. The van der Waals surface area contributed by atoms with Crippen LogP contribution < -0.4 is 0 Å². The van der Waals surface area contributed by atoms with E-state index in [1.165, 1.54) is 15.6 Å². The molecule has 0 aliphatic carbocycles. The van der Waals surface area contributed by atoms with Crippen LogP contribution in [0.15, 0.2) is 16.8 Å². The van der Waals surface area contributed by atoms with Crippen molar-refractivity contribution in [2.45, 2.75) is 11.7 Å². The summed E-state index contributed by atoms with van der Waals surface area (Å²) in [5, 5.41) is 3.29. The van der Waals surface area contributed by atoms with Crippen molar-refractivity contribution in [2.24, 2.45) is 0 Å². The van der Waals surface area contributed by atoms with Gasteiger partial charge >= 0.3 is 0 Å². The zero-order valence-electron chi connectivity index (χ0n) is 11.6. The Bertz CT molecular complexity index is 596. The Balaban J connectivity index is 1.65. The van der Waals surface area contributed by atoms with Crippen LogP contribution in [0.3, 0.4) is 0 Å². The van der Waals surface area contributed by atoms with E-state index in [1.807, 2.05) is 10.8 Å². The first-order chi connectivity index (χ1) is 10.1. The maximum Gasteiger partial charge on any atom is 0.254 e. The summed E-state index contributed by atoms with van der Waals surface area (Å²) in [5.41, 5.74) is 0.684. The number of hydrogen-bond donors (Lipinski definition) is 0. The van der Waals surface area contributed by atoms with Crippen LogP contribution in [0.2, 0.25) is 0 Å². The highest BCUT2D eigenvalue weighted by molar-refractivity contribution is 7.89. The lowest BCUT2D eigenvalue weighted by Crippen LogP contribution is -2.49. The molecule has 3 heterocycles. The Labute approximate surface area is 128 Å². The molecule has 0 N–H and O–H groups in total. The second-order valence-corrected chi connectivity index (χ2v) is 8.25. The number of thiophene rings is 1. The molecule has 2 saturated heterocycles. The van der Waals surface area contributed by atoms with Gasteiger partial charge in [0.25, 0.3) is 5.91 Å². The lowest BCUT2D eigenvalue weighted by Gasteiger charge is -2.31. The topological polar surface area (TPSA) is 66.9 Å². The second-order valence-electron chi connectivity index (χ2n) is 5.26. The predicted molar refractivity (Wildman–Crippen MR) is 79.9 cm³/mol. The Hall–Kier alpha value is -0.960. The van der Waals surface area contributed by atoms with Gasteiger partial charge in [0.2, 0.25) is 10.0 Å². The van der Waals surface area contributed by atoms with E-state index in [1.54, 1.807) is 11.0 Å². The van der Waals surface area contributed by atoms with E-state index < -0.39 is 15.3 Å². The highest BCUT2D eigenvalue weighted by Gasteiger charge is 2.38. The molecule has 2 aliphatic rings. The molecule has 2 fully saturated rings. The molecule has 6 nitrogen and oxygen atoms in total. The number of rotatable bonds is 3. The minimum absolute atomic E-state index is 0.0116. The number of carbonyl (C=O) groups is 1. The second kappa shape index (κ2) is 6.04. The molecule has 1 aromatic heterocycles. The molecule has 2 aliphatic heterocycles. The predicted octanol–water partition coefficient (Wildman–Crippen LogP) is 0.625. The first kappa shape index (κ1) is 15.0. The lowest BCUT2D eigenvalue weighted by molar-refractivity contribution is 0.0392. The van der Waals surface area contributed by atoms with Crippen molar-refractivity contribution in [2.75, 3.05) is 39.4 Å². The molecule has 0 radical (unpaired) electrons. The Morgan fingerprint density at radius 3 is 2.67 bits per heavy atom. The first-order valence-electron chi connectivity index (χ1n) is 6.97. The van der Waals surface area contributed by atoms with Crippen LogP contribution in [0.4, 0.5) is 0 Å². The Morgan fingerprint density at radius 1 is 1.24 bits per heavy atom. The van der Waals surface area contributed by atoms with Gasteiger partial charge in [-0.05, 0) is 17.9 Å². The minimum atomic E-state index is -3.28. The van der Waals surface area contributed by atoms with Crippen LogP contribution in [-0.2, 0) is 14.8 Å². The SMILES string of the molecule is O=C(c1ccsc1)N1CCCN(S(=O)(=O)C2COC2)CC1. The fraction of sp³-hybridized carbons (Fsp3) is 0.615. The maximum atomic E-state index is 12.4. The molecule has 1 amide bonds. The summed E-state index contributed by atoms with van der Waals surface area (Å²) in [4.78, 5) is 14.1. The van der Waals surface area contributed by atoms with Gasteiger partial charge in [0.05, 0.1) is 18.8 Å². The molecular weight excluding hydrogens is 312 g/mol. The van der Waals surface area contributed by atoms with Crippen molar-refractivity contribution in [3.8, 4) is 0 Å². The standard InChI is InChI=1S/C13H18N2O4S2/c16-13(11-2-7-20-10-11)14-3-1-4-15(6-5-14)21(17,18)12-8-19-9-12/h2,7,10,12H,1,3-6,8-9H2. The number of ether oxygens (including phenoxy) is 1. The van der Waals surface area contributed by atoms with Gasteiger partial charge in [-0.15, -0.1) is 0 Å². The maximum absolute atomic E-state index is 12.4. The summed E-state index contributed by atoms with van der Waals surface area (Å²) in [5.74, 6) is -0.0116. The van der Waals surface area contributed by atoms with Crippen molar-refractivity contribution in [3.05, 3.63) is 22.4 Å². The van der Waals surface area contributed by atoms with E-state index in [2.05, 4.69) is 0 Å². The summed E-state index contributed by atoms with van der Waals surface area (Å²) in [6, 6.07) is 1.80. The number of hydrogen-bond acceptors (Lipinski definition) is 5. The van der Waals surface area contributed by atoms with Crippen molar-refractivity contribution in [1.29, 1.82) is 0 Å². The molecule has 3 rings (SSSR count). The van der Waals surface area contributed by atoms with E-state index in [0.29, 0.717) is 38.2 Å². The van der Waals surface area contributed by atoms with Crippen molar-refractivity contribution >= 4 is 27.3 Å². The molecule has 116 valence electrons. The summed E-state index contributed by atoms with van der Waals surface area (Å²) < 4.78 is 31.2. The Morgan fingerprint density at radius 2 is 2.05 bits per heavy atom. The van der Waals surface area contributed by atoms with E-state index >= 15 is 0 Å². The third-order valence-corrected chi connectivity index (χ3v) is 6.78. The molecule has 0 atom stereocenters. The monoisotopic (exact) mass is 330 g/mol. The summed E-state index contributed by atoms with van der Waals surface area (Å²) in [7, 11) is -3.28. The van der Waals surface area contributed by atoms with E-state index in [0.717, 1.165) is 0 Å². The van der Waals surface area contributed by atoms with Gasteiger partial charge in [0, 0.05) is 31.6 Å². The summed E-state index contributed by atoms with van der Waals surface area (Å²) in [6.07, 6.45) is 0.669. The fourth-order valence-electron chi connectivity index (χ4n) is 2.52. The van der Waals surface area contributed by atoms with E-state index in [9.17, 15) is 13.2 Å². The molecule has 1 aromatic rings. The smallest absolute Gasteiger partial charge is 0.254 e. The molecular formula is C13H18N2O4S2. The van der Waals surface area contributed by atoms with Crippen LogP contribution in [0.1, 0.15) is 16.8 Å². The average molecular weight is 330 g/mol. The molecule has 0 unspecified atom stereocenters. The van der Waals surface area contributed by atoms with Gasteiger partial charge in [-0.2, -0.15) is 15.6 Å². The van der Waals surface area contributed by atoms with Crippen LogP contribution in [0.5, 0.6) is 0 Å². The summed E-state index contributed by atoms with van der Waals surface area (Å²) >= 11 is 1.49. The molecule has 0 bridgehead atoms. The van der Waals surface area contributed by atoms with E-state index in [4.69, 9.17) is 4.74 Å². The molecule has 0 saturated carbocycles. The third kappa shape index (κ3) is 2.98. The summed E-state index contributed by atoms with van der Waals surface area (Å²) in [6.45, 7) is 2.47. The number of amides is 1. The van der Waals surface area contributed by atoms with E-state index in [-0.39, 0.29) is 19.1 Å². The number of nitrogens with zero attached hydrogens (tertiary/aromatic N) is 2. The normalized spacial score (nSPS) is 21.8. The van der Waals surface area contributed by atoms with Gasteiger partial charge in [0.15, 0.2) is 0 Å². The largest absolute Gasteiger partial charge is 0.378 e. The average Bonchev–Trinajstić information content (AvgIpc) is 2.79. The number of carbonyl (C=O) groups excluding carboxylic acids is 1. The first-order valence-corrected chi connectivity index (χ1v) is 9.42. The van der Waals surface area contributed by atoms with Gasteiger partial charge in [-0.1, -0.05) is 0 Å². The van der Waals surface area contributed by atoms with Crippen LogP contribution in [0.25, 0.3) is 0 Å². The molecule has 8 heteroatoms. The van der Waals surface area contributed by atoms with Crippen LogP contribution in [0, 0.1) is 0 Å². The van der Waals surface area contributed by atoms with Crippen molar-refractivity contribution in [1.82, 2.24) is 9.21 Å². The van der Waals surface area contributed by atoms with Gasteiger partial charge in [-0.25, -0.2) is 8.42 Å². The van der Waals surface area contributed by atoms with Crippen molar-refractivity contribution < 1.29 is 17.9 Å². The van der Waals surface area contributed by atoms with Crippen molar-refractivity contribution in [3.63, 3.8) is 0 Å². The quantitative estimate of drug-likeness (QED) is 0.815. The Kier molecular flexibility index (Phi) is 4.30. The number of sulfonamides is 1. The zero-order chi connectivity index (χ0) is 14.9. The third-order valence-electron chi connectivity index (χ3n) is 3.90. The fourth-order valence-corrected chi connectivity index (χ4v) is 4.82. The van der Waals surface area contributed by atoms with Gasteiger partial charge < -0.3 is 9.64 Å². The lowest BCUT2D eigenvalue weighted by atomic mass is 10.3. The molecule has 21 heavy (non-hydrogen) atoms. The van der Waals surface area contributed by atoms with Crippen LogP contribution >= 0.6 is 11.3 Å². The van der Waals surface area contributed by atoms with Gasteiger partial charge in [0.1, 0.15) is 5.25 Å². The highest BCUT2D eigenvalue weighted by atomic mass is 32.2. The molecule has 0 aromatic carbocycles. The minimum Gasteiger partial charge on any atom is -0.378 e. The molecule has 0 spiro atoms.